The number of aromatic nitrogens is 1. The molecule has 0 aliphatic rings. The van der Waals surface area contributed by atoms with Gasteiger partial charge in [-0.3, -0.25) is 4.79 Å². The third kappa shape index (κ3) is 4.46. The van der Waals surface area contributed by atoms with E-state index in [9.17, 15) is 9.18 Å². The molecule has 0 spiro atoms. The molecule has 0 saturated carbocycles. The second-order valence-corrected chi connectivity index (χ2v) is 6.49. The predicted molar refractivity (Wildman–Crippen MR) is 108 cm³/mol. The van der Waals surface area contributed by atoms with Crippen molar-refractivity contribution in [2.24, 2.45) is 5.10 Å². The fourth-order valence-corrected chi connectivity index (χ4v) is 2.97. The van der Waals surface area contributed by atoms with Crippen LogP contribution < -0.4 is 10.2 Å². The van der Waals surface area contributed by atoms with E-state index in [0.717, 1.165) is 28.2 Å². The number of carbonyl (C=O) groups is 1. The Morgan fingerprint density at radius 2 is 1.86 bits per heavy atom. The number of benzene rings is 2. The molecule has 5 nitrogen and oxygen atoms in total. The lowest BCUT2D eigenvalue weighted by Crippen LogP contribution is -2.24. The molecule has 0 bridgehead atoms. The number of para-hydroxylation sites is 1. The van der Waals surface area contributed by atoms with Crippen molar-refractivity contribution in [3.8, 4) is 11.4 Å². The Morgan fingerprint density at radius 3 is 2.57 bits per heavy atom. The number of nitrogens with zero attached hydrogens (tertiary/aromatic N) is 2. The van der Waals surface area contributed by atoms with E-state index in [2.05, 4.69) is 10.5 Å². The van der Waals surface area contributed by atoms with Crippen molar-refractivity contribution in [3.05, 3.63) is 82.9 Å². The highest BCUT2D eigenvalue weighted by atomic mass is 19.1. The zero-order valence-electron chi connectivity index (χ0n) is 16.1. The summed E-state index contributed by atoms with van der Waals surface area (Å²) >= 11 is 0. The number of ether oxygens (including phenoxy) is 1. The number of rotatable bonds is 6. The number of halogens is 1. The zero-order chi connectivity index (χ0) is 20.1. The molecule has 2 aromatic carbocycles. The van der Waals surface area contributed by atoms with E-state index in [1.165, 1.54) is 12.1 Å². The standard InChI is InChI=1S/C22H22FN3O2/c1-15-6-4-5-7-21(15)28-14-22(27)25-24-13-18-12-16(2)26(17(18)3)20-10-8-19(23)9-11-20/h4-13H,14H2,1-3H3,(H,25,27)/b24-13-. The average Bonchev–Trinajstić information content (AvgIpc) is 2.95. The number of amides is 1. The summed E-state index contributed by atoms with van der Waals surface area (Å²) in [6, 6.07) is 15.8. The van der Waals surface area contributed by atoms with Gasteiger partial charge in [-0.15, -0.1) is 0 Å². The number of carbonyl (C=O) groups excluding carboxylic acids is 1. The Labute approximate surface area is 163 Å². The highest BCUT2D eigenvalue weighted by Crippen LogP contribution is 2.20. The Bertz CT molecular complexity index is 1010. The van der Waals surface area contributed by atoms with Crippen LogP contribution in [0.15, 0.2) is 59.7 Å². The van der Waals surface area contributed by atoms with E-state index in [4.69, 9.17) is 4.74 Å². The maximum Gasteiger partial charge on any atom is 0.277 e. The van der Waals surface area contributed by atoms with Gasteiger partial charge in [0.15, 0.2) is 6.61 Å². The summed E-state index contributed by atoms with van der Waals surface area (Å²) < 4.78 is 20.7. The van der Waals surface area contributed by atoms with Crippen LogP contribution in [-0.4, -0.2) is 23.3 Å². The number of hydrogen-bond acceptors (Lipinski definition) is 3. The van der Waals surface area contributed by atoms with Crippen LogP contribution in [0.1, 0.15) is 22.5 Å². The smallest absolute Gasteiger partial charge is 0.277 e. The molecular weight excluding hydrogens is 357 g/mol. The SMILES string of the molecule is Cc1ccccc1OCC(=O)N/N=C\c1cc(C)n(-c2ccc(F)cc2)c1C. The fourth-order valence-electron chi connectivity index (χ4n) is 2.97. The van der Waals surface area contributed by atoms with Crippen LogP contribution in [0.2, 0.25) is 0 Å². The van der Waals surface area contributed by atoms with Crippen molar-refractivity contribution in [1.29, 1.82) is 0 Å². The molecule has 1 heterocycles. The predicted octanol–water partition coefficient (Wildman–Crippen LogP) is 4.07. The minimum absolute atomic E-state index is 0.114. The Kier molecular flexibility index (Phi) is 5.89. The normalized spacial score (nSPS) is 11.0. The molecule has 1 aromatic heterocycles. The van der Waals surface area contributed by atoms with Gasteiger partial charge in [0, 0.05) is 22.6 Å². The van der Waals surface area contributed by atoms with Crippen LogP contribution in [0.25, 0.3) is 5.69 Å². The Hall–Kier alpha value is -3.41. The lowest BCUT2D eigenvalue weighted by molar-refractivity contribution is -0.123. The van der Waals surface area contributed by atoms with Gasteiger partial charge in [0.2, 0.25) is 0 Å². The topological polar surface area (TPSA) is 55.6 Å². The van der Waals surface area contributed by atoms with Gasteiger partial charge in [-0.05, 0) is 62.7 Å². The lowest BCUT2D eigenvalue weighted by Gasteiger charge is -2.09. The van der Waals surface area contributed by atoms with E-state index >= 15 is 0 Å². The third-order valence-corrected chi connectivity index (χ3v) is 4.40. The van der Waals surface area contributed by atoms with Crippen LogP contribution in [0.5, 0.6) is 5.75 Å². The summed E-state index contributed by atoms with van der Waals surface area (Å²) in [7, 11) is 0. The Balaban J connectivity index is 1.63. The maximum atomic E-state index is 13.2. The molecule has 0 unspecified atom stereocenters. The van der Waals surface area contributed by atoms with Gasteiger partial charge in [0.25, 0.3) is 5.91 Å². The van der Waals surface area contributed by atoms with Gasteiger partial charge in [-0.1, -0.05) is 18.2 Å². The number of hydrogen-bond donors (Lipinski definition) is 1. The van der Waals surface area contributed by atoms with E-state index in [-0.39, 0.29) is 18.3 Å². The minimum Gasteiger partial charge on any atom is -0.483 e. The van der Waals surface area contributed by atoms with Crippen LogP contribution in [0.3, 0.4) is 0 Å². The molecule has 28 heavy (non-hydrogen) atoms. The first kappa shape index (κ1) is 19.4. The molecule has 6 heteroatoms. The molecule has 0 fully saturated rings. The molecule has 0 atom stereocenters. The molecule has 0 radical (unpaired) electrons. The molecule has 1 amide bonds. The van der Waals surface area contributed by atoms with E-state index < -0.39 is 0 Å². The molecule has 0 saturated heterocycles. The van der Waals surface area contributed by atoms with Gasteiger partial charge in [-0.2, -0.15) is 5.10 Å². The third-order valence-electron chi connectivity index (χ3n) is 4.40. The number of hydrazone groups is 1. The van der Waals surface area contributed by atoms with Crippen LogP contribution >= 0.6 is 0 Å². The summed E-state index contributed by atoms with van der Waals surface area (Å²) in [6.07, 6.45) is 1.59. The Morgan fingerprint density at radius 1 is 1.14 bits per heavy atom. The molecular formula is C22H22FN3O2. The lowest BCUT2D eigenvalue weighted by atomic mass is 10.2. The zero-order valence-corrected chi connectivity index (χ0v) is 16.1. The second kappa shape index (κ2) is 8.52. The quantitative estimate of drug-likeness (QED) is 0.518. The first-order valence-corrected chi connectivity index (χ1v) is 8.91. The van der Waals surface area contributed by atoms with Crippen molar-refractivity contribution in [2.75, 3.05) is 6.61 Å². The van der Waals surface area contributed by atoms with Gasteiger partial charge in [-0.25, -0.2) is 9.82 Å². The average molecular weight is 379 g/mol. The van der Waals surface area contributed by atoms with Crippen molar-refractivity contribution in [1.82, 2.24) is 9.99 Å². The molecule has 0 aliphatic heterocycles. The van der Waals surface area contributed by atoms with Crippen molar-refractivity contribution in [2.45, 2.75) is 20.8 Å². The van der Waals surface area contributed by atoms with Crippen molar-refractivity contribution < 1.29 is 13.9 Å². The molecule has 1 N–H and O–H groups in total. The van der Waals surface area contributed by atoms with Crippen LogP contribution in [0, 0.1) is 26.6 Å². The first-order valence-electron chi connectivity index (χ1n) is 8.91. The highest BCUT2D eigenvalue weighted by molar-refractivity contribution is 5.84. The molecule has 3 aromatic rings. The second-order valence-electron chi connectivity index (χ2n) is 6.49. The maximum absolute atomic E-state index is 13.2. The molecule has 3 rings (SSSR count). The van der Waals surface area contributed by atoms with Gasteiger partial charge < -0.3 is 9.30 Å². The molecule has 144 valence electrons. The summed E-state index contributed by atoms with van der Waals surface area (Å²) in [5.41, 5.74) is 7.09. The van der Waals surface area contributed by atoms with E-state index in [0.29, 0.717) is 5.75 Å². The van der Waals surface area contributed by atoms with Gasteiger partial charge in [0.05, 0.1) is 6.21 Å². The van der Waals surface area contributed by atoms with Crippen LogP contribution in [-0.2, 0) is 4.79 Å². The summed E-state index contributed by atoms with van der Waals surface area (Å²) in [5, 5.41) is 4.02. The summed E-state index contributed by atoms with van der Waals surface area (Å²) in [4.78, 5) is 11.9. The number of nitrogens with one attached hydrogen (secondary N) is 1. The van der Waals surface area contributed by atoms with Crippen molar-refractivity contribution >= 4 is 12.1 Å². The minimum atomic E-state index is -0.341. The largest absolute Gasteiger partial charge is 0.483 e. The van der Waals surface area contributed by atoms with Gasteiger partial charge in [0.1, 0.15) is 11.6 Å². The van der Waals surface area contributed by atoms with Crippen LogP contribution in [0.4, 0.5) is 4.39 Å². The van der Waals surface area contributed by atoms with Gasteiger partial charge >= 0.3 is 0 Å². The summed E-state index contributed by atoms with van der Waals surface area (Å²) in [5.74, 6) is 0.0555. The van der Waals surface area contributed by atoms with Crippen molar-refractivity contribution in [3.63, 3.8) is 0 Å². The summed E-state index contributed by atoms with van der Waals surface area (Å²) in [6.45, 7) is 5.71. The van der Waals surface area contributed by atoms with E-state index in [1.54, 1.807) is 18.3 Å². The number of aryl methyl sites for hydroxylation is 2. The first-order chi connectivity index (χ1) is 13.5. The molecule has 0 aliphatic carbocycles. The van der Waals surface area contributed by atoms with E-state index in [1.807, 2.05) is 55.7 Å². The monoisotopic (exact) mass is 379 g/mol. The fraction of sp³-hybridized carbons (Fsp3) is 0.182. The highest BCUT2D eigenvalue weighted by Gasteiger charge is 2.10.